The Morgan fingerprint density at radius 1 is 1.56 bits per heavy atom. The lowest BCUT2D eigenvalue weighted by molar-refractivity contribution is -0.118. The van der Waals surface area contributed by atoms with Gasteiger partial charge in [-0.2, -0.15) is 0 Å². The van der Waals surface area contributed by atoms with Gasteiger partial charge in [0.05, 0.1) is 16.9 Å². The molecular formula is C11H17N3OS. The van der Waals surface area contributed by atoms with E-state index < -0.39 is 0 Å². The molecule has 0 spiro atoms. The Labute approximate surface area is 100 Å². The van der Waals surface area contributed by atoms with Crippen molar-refractivity contribution in [2.75, 3.05) is 11.1 Å². The van der Waals surface area contributed by atoms with Crippen LogP contribution in [0, 0.1) is 0 Å². The monoisotopic (exact) mass is 239 g/mol. The third kappa shape index (κ3) is 3.73. The van der Waals surface area contributed by atoms with Crippen LogP contribution < -0.4 is 11.1 Å². The molecule has 0 saturated carbocycles. The zero-order valence-corrected chi connectivity index (χ0v) is 10.4. The summed E-state index contributed by atoms with van der Waals surface area (Å²) in [6.45, 7) is 4.00. The van der Waals surface area contributed by atoms with E-state index in [1.807, 2.05) is 19.1 Å². The number of thioether (sulfide) groups is 1. The van der Waals surface area contributed by atoms with Crippen LogP contribution in [0.25, 0.3) is 0 Å². The number of amides is 1. The van der Waals surface area contributed by atoms with Gasteiger partial charge in [0.25, 0.3) is 0 Å². The molecule has 0 aliphatic heterocycles. The SMILES string of the molecule is CCSc1ccc(N[C@@H](CC)C(N)=O)cn1. The largest absolute Gasteiger partial charge is 0.372 e. The molecule has 4 nitrogen and oxygen atoms in total. The molecule has 5 heteroatoms. The van der Waals surface area contributed by atoms with E-state index in [4.69, 9.17) is 5.73 Å². The Balaban J connectivity index is 2.63. The van der Waals surface area contributed by atoms with Crippen molar-refractivity contribution < 1.29 is 4.79 Å². The molecule has 1 atom stereocenters. The van der Waals surface area contributed by atoms with Gasteiger partial charge >= 0.3 is 0 Å². The number of aromatic nitrogens is 1. The van der Waals surface area contributed by atoms with Crippen LogP contribution in [0.4, 0.5) is 5.69 Å². The van der Waals surface area contributed by atoms with E-state index in [-0.39, 0.29) is 11.9 Å². The van der Waals surface area contributed by atoms with Gasteiger partial charge < -0.3 is 11.1 Å². The lowest BCUT2D eigenvalue weighted by Crippen LogP contribution is -2.34. The molecule has 0 fully saturated rings. The number of rotatable bonds is 6. The summed E-state index contributed by atoms with van der Waals surface area (Å²) in [7, 11) is 0. The fraction of sp³-hybridized carbons (Fsp3) is 0.455. The normalized spacial score (nSPS) is 12.1. The van der Waals surface area contributed by atoms with Gasteiger partial charge in [0.2, 0.25) is 5.91 Å². The predicted molar refractivity (Wildman–Crippen MR) is 67.5 cm³/mol. The Morgan fingerprint density at radius 2 is 2.31 bits per heavy atom. The van der Waals surface area contributed by atoms with Crippen LogP contribution in [-0.2, 0) is 4.79 Å². The van der Waals surface area contributed by atoms with E-state index >= 15 is 0 Å². The second kappa shape index (κ2) is 6.37. The number of carbonyl (C=O) groups excluding carboxylic acids is 1. The first kappa shape index (κ1) is 12.8. The smallest absolute Gasteiger partial charge is 0.239 e. The number of carbonyl (C=O) groups is 1. The predicted octanol–water partition coefficient (Wildman–Crippen LogP) is 1.87. The first-order chi connectivity index (χ1) is 7.67. The zero-order valence-electron chi connectivity index (χ0n) is 9.56. The van der Waals surface area contributed by atoms with Crippen molar-refractivity contribution in [2.45, 2.75) is 31.3 Å². The molecule has 0 saturated heterocycles. The molecule has 1 amide bonds. The maximum absolute atomic E-state index is 11.0. The van der Waals surface area contributed by atoms with E-state index in [0.717, 1.165) is 16.5 Å². The number of pyridine rings is 1. The van der Waals surface area contributed by atoms with Gasteiger partial charge in [-0.1, -0.05) is 13.8 Å². The van der Waals surface area contributed by atoms with Crippen LogP contribution in [0.2, 0.25) is 0 Å². The van der Waals surface area contributed by atoms with Gasteiger partial charge in [0.1, 0.15) is 6.04 Å². The van der Waals surface area contributed by atoms with Crippen LogP contribution in [0.15, 0.2) is 23.4 Å². The summed E-state index contributed by atoms with van der Waals surface area (Å²) in [5.41, 5.74) is 6.07. The van der Waals surface area contributed by atoms with Gasteiger partial charge in [-0.25, -0.2) is 4.98 Å². The van der Waals surface area contributed by atoms with E-state index in [1.165, 1.54) is 0 Å². The highest BCUT2D eigenvalue weighted by Gasteiger charge is 2.11. The molecule has 16 heavy (non-hydrogen) atoms. The minimum absolute atomic E-state index is 0.327. The van der Waals surface area contributed by atoms with Gasteiger partial charge in [0, 0.05) is 0 Å². The first-order valence-electron chi connectivity index (χ1n) is 5.32. The topological polar surface area (TPSA) is 68.0 Å². The van der Waals surface area contributed by atoms with Crippen molar-refractivity contribution in [2.24, 2.45) is 5.73 Å². The van der Waals surface area contributed by atoms with Crippen LogP contribution in [0.1, 0.15) is 20.3 Å². The summed E-state index contributed by atoms with van der Waals surface area (Å²) in [5, 5.41) is 4.04. The average molecular weight is 239 g/mol. The Kier molecular flexibility index (Phi) is 5.11. The first-order valence-corrected chi connectivity index (χ1v) is 6.30. The van der Waals surface area contributed by atoms with Crippen molar-refractivity contribution in [1.29, 1.82) is 0 Å². The molecule has 1 aromatic heterocycles. The third-order valence-electron chi connectivity index (χ3n) is 2.12. The minimum Gasteiger partial charge on any atom is -0.372 e. The molecule has 1 aromatic rings. The maximum Gasteiger partial charge on any atom is 0.239 e. The lowest BCUT2D eigenvalue weighted by Gasteiger charge is -2.14. The Bertz CT molecular complexity index is 340. The fourth-order valence-corrected chi connectivity index (χ4v) is 1.86. The van der Waals surface area contributed by atoms with E-state index in [0.29, 0.717) is 6.42 Å². The van der Waals surface area contributed by atoms with E-state index in [1.54, 1.807) is 18.0 Å². The lowest BCUT2D eigenvalue weighted by atomic mass is 10.2. The molecule has 0 unspecified atom stereocenters. The van der Waals surface area contributed by atoms with Crippen molar-refractivity contribution >= 4 is 23.4 Å². The summed E-state index contributed by atoms with van der Waals surface area (Å²) in [5.74, 6) is 0.660. The molecule has 1 rings (SSSR count). The quantitative estimate of drug-likeness (QED) is 0.744. The molecule has 0 radical (unpaired) electrons. The summed E-state index contributed by atoms with van der Waals surface area (Å²) >= 11 is 1.68. The summed E-state index contributed by atoms with van der Waals surface area (Å²) in [4.78, 5) is 15.3. The van der Waals surface area contributed by atoms with E-state index in [2.05, 4.69) is 17.2 Å². The van der Waals surface area contributed by atoms with Crippen molar-refractivity contribution in [3.8, 4) is 0 Å². The van der Waals surface area contributed by atoms with Crippen LogP contribution in [0.3, 0.4) is 0 Å². The Hall–Kier alpha value is -1.23. The number of nitrogens with one attached hydrogen (secondary N) is 1. The number of primary amides is 1. The molecule has 88 valence electrons. The number of hydrogen-bond acceptors (Lipinski definition) is 4. The number of nitrogens with zero attached hydrogens (tertiary/aromatic N) is 1. The van der Waals surface area contributed by atoms with E-state index in [9.17, 15) is 4.79 Å². The number of nitrogens with two attached hydrogens (primary N) is 1. The molecular weight excluding hydrogens is 222 g/mol. The molecule has 0 aliphatic rings. The second-order valence-corrected chi connectivity index (χ2v) is 4.61. The highest BCUT2D eigenvalue weighted by atomic mass is 32.2. The summed E-state index contributed by atoms with van der Waals surface area (Å²) < 4.78 is 0. The standard InChI is InChI=1S/C11H17N3OS/c1-3-9(11(12)15)14-8-5-6-10(13-7-8)16-4-2/h5-7,9,14H,3-4H2,1-2H3,(H2,12,15)/t9-/m0/s1. The highest BCUT2D eigenvalue weighted by Crippen LogP contribution is 2.17. The number of anilines is 1. The van der Waals surface area contributed by atoms with Gasteiger partial charge in [-0.05, 0) is 24.3 Å². The van der Waals surface area contributed by atoms with Crippen molar-refractivity contribution in [3.63, 3.8) is 0 Å². The van der Waals surface area contributed by atoms with Crippen LogP contribution >= 0.6 is 11.8 Å². The summed E-state index contributed by atoms with van der Waals surface area (Å²) in [6, 6.07) is 3.52. The minimum atomic E-state index is -0.338. The summed E-state index contributed by atoms with van der Waals surface area (Å²) in [6.07, 6.45) is 2.39. The molecule has 0 bridgehead atoms. The van der Waals surface area contributed by atoms with Gasteiger partial charge in [-0.15, -0.1) is 11.8 Å². The number of hydrogen-bond donors (Lipinski definition) is 2. The molecule has 1 heterocycles. The average Bonchev–Trinajstić information content (AvgIpc) is 2.28. The van der Waals surface area contributed by atoms with Crippen molar-refractivity contribution in [1.82, 2.24) is 4.98 Å². The Morgan fingerprint density at radius 3 is 2.75 bits per heavy atom. The van der Waals surface area contributed by atoms with Gasteiger partial charge in [0.15, 0.2) is 0 Å². The van der Waals surface area contributed by atoms with Crippen LogP contribution in [0.5, 0.6) is 0 Å². The zero-order chi connectivity index (χ0) is 12.0. The highest BCUT2D eigenvalue weighted by molar-refractivity contribution is 7.99. The molecule has 0 aliphatic carbocycles. The van der Waals surface area contributed by atoms with Crippen LogP contribution in [-0.4, -0.2) is 22.7 Å². The molecule has 0 aromatic carbocycles. The fourth-order valence-electron chi connectivity index (χ4n) is 1.27. The van der Waals surface area contributed by atoms with Gasteiger partial charge in [-0.3, -0.25) is 4.79 Å². The van der Waals surface area contributed by atoms with Crippen molar-refractivity contribution in [3.05, 3.63) is 18.3 Å². The molecule has 3 N–H and O–H groups in total. The second-order valence-electron chi connectivity index (χ2n) is 3.33. The third-order valence-corrected chi connectivity index (χ3v) is 2.95. The maximum atomic E-state index is 11.0.